The maximum absolute atomic E-state index is 12.6. The number of benzene rings is 2. The molecule has 0 spiro atoms. The number of nitrogens with zero attached hydrogens (tertiary/aromatic N) is 2. The molecule has 1 heterocycles. The van der Waals surface area contributed by atoms with E-state index in [4.69, 9.17) is 9.47 Å². The van der Waals surface area contributed by atoms with Crippen LogP contribution in [0, 0.1) is 0 Å². The molecule has 0 aliphatic heterocycles. The first-order chi connectivity index (χ1) is 13.0. The van der Waals surface area contributed by atoms with E-state index in [1.54, 1.807) is 44.1 Å². The van der Waals surface area contributed by atoms with Gasteiger partial charge in [0.2, 0.25) is 5.91 Å². The van der Waals surface area contributed by atoms with Crippen LogP contribution in [0.1, 0.15) is 18.5 Å². The Balaban J connectivity index is 1.83. The minimum Gasteiger partial charge on any atom is -0.497 e. The highest BCUT2D eigenvalue weighted by Gasteiger charge is 2.17. The number of ether oxygens (including phenoxy) is 2. The normalized spacial score (nSPS) is 12.0. The Morgan fingerprint density at radius 1 is 1.15 bits per heavy atom. The molecule has 1 N–H and O–H groups in total. The van der Waals surface area contributed by atoms with E-state index >= 15 is 0 Å². The van der Waals surface area contributed by atoms with Crippen LogP contribution in [0.5, 0.6) is 11.5 Å². The van der Waals surface area contributed by atoms with Crippen LogP contribution in [0.15, 0.2) is 47.3 Å². The summed E-state index contributed by atoms with van der Waals surface area (Å²) in [5.41, 5.74) is 1.42. The van der Waals surface area contributed by atoms with Crippen molar-refractivity contribution in [3.05, 3.63) is 58.4 Å². The lowest BCUT2D eigenvalue weighted by molar-refractivity contribution is -0.122. The lowest BCUT2D eigenvalue weighted by atomic mass is 10.1. The van der Waals surface area contributed by atoms with Crippen LogP contribution in [-0.2, 0) is 18.4 Å². The molecule has 1 atom stereocenters. The summed E-state index contributed by atoms with van der Waals surface area (Å²) in [5.74, 6) is 1.15. The predicted molar refractivity (Wildman–Crippen MR) is 103 cm³/mol. The van der Waals surface area contributed by atoms with Gasteiger partial charge in [0, 0.05) is 12.6 Å². The molecule has 0 radical (unpaired) electrons. The van der Waals surface area contributed by atoms with Gasteiger partial charge in [-0.1, -0.05) is 12.1 Å². The van der Waals surface area contributed by atoms with E-state index in [-0.39, 0.29) is 24.1 Å². The van der Waals surface area contributed by atoms with Gasteiger partial charge >= 0.3 is 0 Å². The standard InChI is InChI=1S/C20H23N3O4/c1-13(16-11-14(26-3)9-10-18(16)27-4)21-19(24)12-23-17-8-6-5-7-15(17)20(25)22(23)2/h5-11,13H,12H2,1-4H3,(H,21,24). The molecule has 142 valence electrons. The number of hydrogen-bond donors (Lipinski definition) is 1. The smallest absolute Gasteiger partial charge is 0.274 e. The first kappa shape index (κ1) is 18.6. The molecule has 7 nitrogen and oxygen atoms in total. The number of methoxy groups -OCH3 is 2. The van der Waals surface area contributed by atoms with Crippen LogP contribution in [0.2, 0.25) is 0 Å². The number of nitrogens with one attached hydrogen (secondary N) is 1. The molecule has 2 aromatic carbocycles. The number of amides is 1. The van der Waals surface area contributed by atoms with Crippen LogP contribution in [0.25, 0.3) is 10.9 Å². The molecule has 27 heavy (non-hydrogen) atoms. The number of rotatable bonds is 6. The van der Waals surface area contributed by atoms with Gasteiger partial charge in [0.1, 0.15) is 18.0 Å². The molecule has 7 heteroatoms. The second-order valence-electron chi connectivity index (χ2n) is 6.30. The van der Waals surface area contributed by atoms with Crippen molar-refractivity contribution in [2.24, 2.45) is 7.05 Å². The number of carbonyl (C=O) groups excluding carboxylic acids is 1. The van der Waals surface area contributed by atoms with Gasteiger partial charge in [-0.25, -0.2) is 0 Å². The zero-order valence-electron chi connectivity index (χ0n) is 15.9. The highest BCUT2D eigenvalue weighted by Crippen LogP contribution is 2.29. The number of para-hydroxylation sites is 1. The maximum atomic E-state index is 12.6. The van der Waals surface area contributed by atoms with Gasteiger partial charge in [-0.2, -0.15) is 0 Å². The van der Waals surface area contributed by atoms with Crippen LogP contribution in [0.4, 0.5) is 0 Å². The van der Waals surface area contributed by atoms with Crippen molar-refractivity contribution in [1.82, 2.24) is 14.7 Å². The third-order valence-corrected chi connectivity index (χ3v) is 4.64. The van der Waals surface area contributed by atoms with Gasteiger partial charge in [-0.3, -0.25) is 19.0 Å². The zero-order valence-corrected chi connectivity index (χ0v) is 15.9. The van der Waals surface area contributed by atoms with Crippen molar-refractivity contribution < 1.29 is 14.3 Å². The zero-order chi connectivity index (χ0) is 19.6. The van der Waals surface area contributed by atoms with Crippen molar-refractivity contribution in [1.29, 1.82) is 0 Å². The summed E-state index contributed by atoms with van der Waals surface area (Å²) < 4.78 is 13.8. The molecule has 1 unspecified atom stereocenters. The second kappa shape index (κ2) is 7.57. The summed E-state index contributed by atoms with van der Waals surface area (Å²) in [5, 5.41) is 3.55. The van der Waals surface area contributed by atoms with Gasteiger partial charge in [0.15, 0.2) is 0 Å². The third-order valence-electron chi connectivity index (χ3n) is 4.64. The van der Waals surface area contributed by atoms with E-state index in [9.17, 15) is 9.59 Å². The third kappa shape index (κ3) is 3.53. The molecule has 0 aliphatic carbocycles. The van der Waals surface area contributed by atoms with Crippen LogP contribution in [0.3, 0.4) is 0 Å². The largest absolute Gasteiger partial charge is 0.497 e. The number of aromatic nitrogens is 2. The number of carbonyl (C=O) groups is 1. The Morgan fingerprint density at radius 2 is 1.89 bits per heavy atom. The summed E-state index contributed by atoms with van der Waals surface area (Å²) >= 11 is 0. The van der Waals surface area contributed by atoms with E-state index in [2.05, 4.69) is 5.32 Å². The Hall–Kier alpha value is -3.22. The number of hydrogen-bond acceptors (Lipinski definition) is 4. The molecule has 0 fully saturated rings. The van der Waals surface area contributed by atoms with E-state index < -0.39 is 0 Å². The quantitative estimate of drug-likeness (QED) is 0.723. The van der Waals surface area contributed by atoms with Gasteiger partial charge in [-0.15, -0.1) is 0 Å². The van der Waals surface area contributed by atoms with Crippen molar-refractivity contribution in [3.63, 3.8) is 0 Å². The summed E-state index contributed by atoms with van der Waals surface area (Å²) in [4.78, 5) is 24.9. The Bertz CT molecular complexity index is 1040. The molecular weight excluding hydrogens is 346 g/mol. The molecule has 0 aliphatic rings. The predicted octanol–water partition coefficient (Wildman–Crippen LogP) is 2.23. The molecule has 0 saturated heterocycles. The highest BCUT2D eigenvalue weighted by molar-refractivity contribution is 5.82. The van der Waals surface area contributed by atoms with Crippen LogP contribution >= 0.6 is 0 Å². The van der Waals surface area contributed by atoms with E-state index in [0.717, 1.165) is 11.1 Å². The van der Waals surface area contributed by atoms with E-state index in [1.165, 1.54) is 4.68 Å². The average Bonchev–Trinajstić information content (AvgIpc) is 2.92. The molecule has 3 rings (SSSR count). The summed E-state index contributed by atoms with van der Waals surface area (Å²) in [6, 6.07) is 12.4. The Kier molecular flexibility index (Phi) is 5.21. The maximum Gasteiger partial charge on any atom is 0.274 e. The Labute approximate surface area is 157 Å². The summed E-state index contributed by atoms with van der Waals surface area (Å²) in [6.07, 6.45) is 0. The monoisotopic (exact) mass is 369 g/mol. The molecule has 0 bridgehead atoms. The highest BCUT2D eigenvalue weighted by atomic mass is 16.5. The van der Waals surface area contributed by atoms with Crippen molar-refractivity contribution >= 4 is 16.8 Å². The van der Waals surface area contributed by atoms with E-state index in [0.29, 0.717) is 16.9 Å². The van der Waals surface area contributed by atoms with Crippen molar-refractivity contribution in [3.8, 4) is 11.5 Å². The van der Waals surface area contributed by atoms with Crippen molar-refractivity contribution in [2.75, 3.05) is 14.2 Å². The van der Waals surface area contributed by atoms with Crippen LogP contribution in [-0.4, -0.2) is 29.5 Å². The lowest BCUT2D eigenvalue weighted by Gasteiger charge is -2.19. The summed E-state index contributed by atoms with van der Waals surface area (Å²) in [6.45, 7) is 1.91. The minimum absolute atomic E-state index is 0.0376. The van der Waals surface area contributed by atoms with Crippen LogP contribution < -0.4 is 20.3 Å². The molecule has 1 amide bonds. The average molecular weight is 369 g/mol. The van der Waals surface area contributed by atoms with Gasteiger partial charge in [-0.05, 0) is 37.3 Å². The molecule has 1 aromatic heterocycles. The first-order valence-corrected chi connectivity index (χ1v) is 8.62. The fraction of sp³-hybridized carbons (Fsp3) is 0.300. The molecular formula is C20H23N3O4. The first-order valence-electron chi connectivity index (χ1n) is 8.62. The van der Waals surface area contributed by atoms with Gasteiger partial charge in [0.25, 0.3) is 5.56 Å². The minimum atomic E-state index is -0.290. The van der Waals surface area contributed by atoms with Gasteiger partial charge in [0.05, 0.1) is 31.2 Å². The fourth-order valence-corrected chi connectivity index (χ4v) is 3.20. The van der Waals surface area contributed by atoms with E-state index in [1.807, 2.05) is 31.2 Å². The SMILES string of the molecule is COc1ccc(OC)c(C(C)NC(=O)Cn2c3ccccc3c(=O)n2C)c1. The number of fused-ring (bicyclic) bond motifs is 1. The van der Waals surface area contributed by atoms with Gasteiger partial charge < -0.3 is 14.8 Å². The second-order valence-corrected chi connectivity index (χ2v) is 6.30. The topological polar surface area (TPSA) is 74.5 Å². The fourth-order valence-electron chi connectivity index (χ4n) is 3.20. The molecule has 0 saturated carbocycles. The Morgan fingerprint density at radius 3 is 2.59 bits per heavy atom. The summed E-state index contributed by atoms with van der Waals surface area (Å²) in [7, 11) is 4.83. The molecule has 3 aromatic rings. The lowest BCUT2D eigenvalue weighted by Crippen LogP contribution is -2.32. The van der Waals surface area contributed by atoms with Crippen molar-refractivity contribution in [2.45, 2.75) is 19.5 Å².